The van der Waals surface area contributed by atoms with Gasteiger partial charge >= 0.3 is 11.9 Å². The fourth-order valence-electron chi connectivity index (χ4n) is 0.960. The molecule has 0 saturated carbocycles. The van der Waals surface area contributed by atoms with E-state index in [-0.39, 0.29) is 11.1 Å². The van der Waals surface area contributed by atoms with E-state index in [2.05, 4.69) is 6.58 Å². The standard InChI is InChI=1S/C13H20O5/c1-6-7-17-8-10(11(14)15)9(2)12(16)18-13(3,4)5/h8H,2,6-7H2,1,3-5H3,(H,14,15)/b10-8+. The molecule has 0 aromatic carbocycles. The second kappa shape index (κ2) is 6.83. The number of rotatable bonds is 6. The minimum Gasteiger partial charge on any atom is -0.500 e. The van der Waals surface area contributed by atoms with Crippen molar-refractivity contribution < 1.29 is 24.2 Å². The van der Waals surface area contributed by atoms with Gasteiger partial charge < -0.3 is 14.6 Å². The molecule has 5 heteroatoms. The fourth-order valence-corrected chi connectivity index (χ4v) is 0.960. The van der Waals surface area contributed by atoms with Crippen molar-refractivity contribution in [1.29, 1.82) is 0 Å². The maximum Gasteiger partial charge on any atom is 0.339 e. The summed E-state index contributed by atoms with van der Waals surface area (Å²) in [5.74, 6) is -2.04. The Kier molecular flexibility index (Phi) is 6.16. The van der Waals surface area contributed by atoms with Crippen LogP contribution in [-0.4, -0.2) is 29.3 Å². The molecule has 0 fully saturated rings. The number of hydrogen-bond acceptors (Lipinski definition) is 4. The van der Waals surface area contributed by atoms with Crippen LogP contribution < -0.4 is 0 Å². The molecule has 0 spiro atoms. The third-order valence-corrected chi connectivity index (χ3v) is 1.72. The first-order valence-electron chi connectivity index (χ1n) is 5.66. The number of aliphatic carboxylic acids is 1. The van der Waals surface area contributed by atoms with Gasteiger partial charge in [0.2, 0.25) is 0 Å². The van der Waals surface area contributed by atoms with E-state index in [1.165, 1.54) is 0 Å². The lowest BCUT2D eigenvalue weighted by Crippen LogP contribution is -2.26. The van der Waals surface area contributed by atoms with E-state index >= 15 is 0 Å². The third-order valence-electron chi connectivity index (χ3n) is 1.72. The van der Waals surface area contributed by atoms with Crippen LogP contribution in [-0.2, 0) is 19.1 Å². The summed E-state index contributed by atoms with van der Waals surface area (Å²) >= 11 is 0. The minimum atomic E-state index is -1.28. The highest BCUT2D eigenvalue weighted by Gasteiger charge is 2.24. The number of carboxylic acids is 1. The predicted molar refractivity (Wildman–Crippen MR) is 66.9 cm³/mol. The molecule has 0 saturated heterocycles. The molecule has 18 heavy (non-hydrogen) atoms. The molecule has 102 valence electrons. The molecule has 0 aromatic rings. The van der Waals surface area contributed by atoms with E-state index in [1.54, 1.807) is 20.8 Å². The highest BCUT2D eigenvalue weighted by Crippen LogP contribution is 2.16. The lowest BCUT2D eigenvalue weighted by molar-refractivity contribution is -0.150. The molecule has 0 aliphatic heterocycles. The number of hydrogen-bond donors (Lipinski definition) is 1. The number of carboxylic acid groups (broad SMARTS) is 1. The summed E-state index contributed by atoms with van der Waals surface area (Å²) in [6.07, 6.45) is 1.76. The van der Waals surface area contributed by atoms with Crippen molar-refractivity contribution >= 4 is 11.9 Å². The zero-order valence-corrected chi connectivity index (χ0v) is 11.3. The van der Waals surface area contributed by atoms with Crippen LogP contribution in [0.5, 0.6) is 0 Å². The molecule has 0 radical (unpaired) electrons. The van der Waals surface area contributed by atoms with E-state index in [0.29, 0.717) is 6.61 Å². The summed E-state index contributed by atoms with van der Waals surface area (Å²) in [5, 5.41) is 8.97. The maximum atomic E-state index is 11.7. The summed E-state index contributed by atoms with van der Waals surface area (Å²) < 4.78 is 10.0. The van der Waals surface area contributed by atoms with Crippen molar-refractivity contribution in [3.8, 4) is 0 Å². The van der Waals surface area contributed by atoms with Crippen LogP contribution in [0.25, 0.3) is 0 Å². The molecule has 1 N–H and O–H groups in total. The van der Waals surface area contributed by atoms with E-state index in [9.17, 15) is 9.59 Å². The van der Waals surface area contributed by atoms with Crippen molar-refractivity contribution in [3.05, 3.63) is 24.0 Å². The third kappa shape index (κ3) is 6.08. The smallest absolute Gasteiger partial charge is 0.339 e. The molecule has 0 bridgehead atoms. The van der Waals surface area contributed by atoms with Crippen molar-refractivity contribution in [1.82, 2.24) is 0 Å². The summed E-state index contributed by atoms with van der Waals surface area (Å²) in [6.45, 7) is 10.8. The summed E-state index contributed by atoms with van der Waals surface area (Å²) in [7, 11) is 0. The summed E-state index contributed by atoms with van der Waals surface area (Å²) in [5.41, 5.74) is -1.22. The Morgan fingerprint density at radius 3 is 2.28 bits per heavy atom. The van der Waals surface area contributed by atoms with Crippen molar-refractivity contribution in [2.45, 2.75) is 39.7 Å². The van der Waals surface area contributed by atoms with Gasteiger partial charge in [0.25, 0.3) is 0 Å². The Balaban J connectivity index is 4.83. The molecule has 5 nitrogen and oxygen atoms in total. The molecule has 0 atom stereocenters. The van der Waals surface area contributed by atoms with Gasteiger partial charge in [0.15, 0.2) is 0 Å². The second-order valence-corrected chi connectivity index (χ2v) is 4.69. The Morgan fingerprint density at radius 1 is 1.33 bits per heavy atom. The van der Waals surface area contributed by atoms with Gasteiger partial charge in [-0.3, -0.25) is 0 Å². The van der Waals surface area contributed by atoms with Crippen LogP contribution in [0.1, 0.15) is 34.1 Å². The van der Waals surface area contributed by atoms with Crippen LogP contribution >= 0.6 is 0 Å². The van der Waals surface area contributed by atoms with Gasteiger partial charge in [-0.2, -0.15) is 0 Å². The predicted octanol–water partition coefficient (Wildman–Crippen LogP) is 2.28. The first kappa shape index (κ1) is 16.2. The first-order valence-corrected chi connectivity index (χ1v) is 5.66. The highest BCUT2D eigenvalue weighted by molar-refractivity contribution is 6.05. The summed E-state index contributed by atoms with van der Waals surface area (Å²) in [4.78, 5) is 22.6. The van der Waals surface area contributed by atoms with Gasteiger partial charge in [0, 0.05) is 0 Å². The summed E-state index contributed by atoms with van der Waals surface area (Å²) in [6, 6.07) is 0. The number of ether oxygens (including phenoxy) is 2. The van der Waals surface area contributed by atoms with Crippen LogP contribution in [0, 0.1) is 0 Å². The monoisotopic (exact) mass is 256 g/mol. The van der Waals surface area contributed by atoms with Crippen LogP contribution in [0.3, 0.4) is 0 Å². The van der Waals surface area contributed by atoms with Crippen molar-refractivity contribution in [2.24, 2.45) is 0 Å². The molecule has 0 amide bonds. The van der Waals surface area contributed by atoms with E-state index in [4.69, 9.17) is 14.6 Å². The zero-order chi connectivity index (χ0) is 14.3. The van der Waals surface area contributed by atoms with Gasteiger partial charge in [-0.25, -0.2) is 9.59 Å². The minimum absolute atomic E-state index is 0.228. The molecule has 0 heterocycles. The topological polar surface area (TPSA) is 72.8 Å². The van der Waals surface area contributed by atoms with Gasteiger partial charge in [-0.1, -0.05) is 13.5 Å². The molecule has 0 unspecified atom stereocenters. The van der Waals surface area contributed by atoms with E-state index < -0.39 is 17.5 Å². The van der Waals surface area contributed by atoms with Gasteiger partial charge in [0.1, 0.15) is 11.2 Å². The van der Waals surface area contributed by atoms with Gasteiger partial charge in [-0.15, -0.1) is 0 Å². The molecule has 0 aliphatic rings. The van der Waals surface area contributed by atoms with Crippen LogP contribution in [0.2, 0.25) is 0 Å². The van der Waals surface area contributed by atoms with Crippen molar-refractivity contribution in [3.63, 3.8) is 0 Å². The lowest BCUT2D eigenvalue weighted by Gasteiger charge is -2.20. The highest BCUT2D eigenvalue weighted by atomic mass is 16.6. The van der Waals surface area contributed by atoms with Gasteiger partial charge in [-0.05, 0) is 27.2 Å². The average Bonchev–Trinajstić information content (AvgIpc) is 2.20. The normalized spacial score (nSPS) is 11.9. The van der Waals surface area contributed by atoms with Crippen molar-refractivity contribution in [2.75, 3.05) is 6.61 Å². The zero-order valence-electron chi connectivity index (χ0n) is 11.3. The van der Waals surface area contributed by atoms with Crippen LogP contribution in [0.15, 0.2) is 24.0 Å². The Bertz CT molecular complexity index is 360. The molecule has 0 aliphatic carbocycles. The van der Waals surface area contributed by atoms with Crippen LogP contribution in [0.4, 0.5) is 0 Å². The largest absolute Gasteiger partial charge is 0.500 e. The lowest BCUT2D eigenvalue weighted by atomic mass is 10.1. The fraction of sp³-hybridized carbons (Fsp3) is 0.538. The molecule has 0 rings (SSSR count). The first-order chi connectivity index (χ1) is 8.19. The number of carbonyl (C=O) groups is 2. The molecular formula is C13H20O5. The number of esters is 1. The Hall–Kier alpha value is -1.78. The number of carbonyl (C=O) groups excluding carboxylic acids is 1. The SMILES string of the molecule is C=C(C(=O)OC(C)(C)C)/C(=C\OCCC)C(=O)O. The Labute approximate surface area is 107 Å². The van der Waals surface area contributed by atoms with E-state index in [1.807, 2.05) is 6.92 Å². The van der Waals surface area contributed by atoms with Gasteiger partial charge in [0.05, 0.1) is 18.4 Å². The second-order valence-electron chi connectivity index (χ2n) is 4.69. The molecule has 0 aromatic heterocycles. The quantitative estimate of drug-likeness (QED) is 0.259. The molecular weight excluding hydrogens is 236 g/mol. The Morgan fingerprint density at radius 2 is 1.89 bits per heavy atom. The average molecular weight is 256 g/mol. The maximum absolute atomic E-state index is 11.7. The van der Waals surface area contributed by atoms with E-state index in [0.717, 1.165) is 12.7 Å².